The van der Waals surface area contributed by atoms with Gasteiger partial charge in [-0.25, -0.2) is 4.39 Å². The molecule has 1 saturated heterocycles. The second-order valence-electron chi connectivity index (χ2n) is 5.19. The van der Waals surface area contributed by atoms with Crippen LogP contribution in [0.25, 0.3) is 0 Å². The SMILES string of the molecule is Cc1ccc(N2CCOCC2)c(CF)c1C(=O)N(C)C. The third-order valence-electron chi connectivity index (χ3n) is 3.60. The van der Waals surface area contributed by atoms with Crippen LogP contribution in [-0.2, 0) is 11.4 Å². The van der Waals surface area contributed by atoms with Gasteiger partial charge in [0.2, 0.25) is 0 Å². The minimum Gasteiger partial charge on any atom is -0.378 e. The molecule has 0 aliphatic carbocycles. The minimum absolute atomic E-state index is 0.148. The lowest BCUT2D eigenvalue weighted by atomic mass is 9.98. The van der Waals surface area contributed by atoms with Crippen molar-refractivity contribution in [2.45, 2.75) is 13.6 Å². The lowest BCUT2D eigenvalue weighted by Gasteiger charge is -2.31. The highest BCUT2D eigenvalue weighted by atomic mass is 19.1. The molecule has 1 aliphatic rings. The van der Waals surface area contributed by atoms with Crippen molar-refractivity contribution in [2.24, 2.45) is 0 Å². The molecule has 0 unspecified atom stereocenters. The predicted molar refractivity (Wildman–Crippen MR) is 77.0 cm³/mol. The molecular weight excluding hydrogens is 259 g/mol. The van der Waals surface area contributed by atoms with Gasteiger partial charge < -0.3 is 14.5 Å². The highest BCUT2D eigenvalue weighted by Gasteiger charge is 2.22. The molecule has 20 heavy (non-hydrogen) atoms. The fourth-order valence-corrected chi connectivity index (χ4v) is 2.51. The zero-order valence-electron chi connectivity index (χ0n) is 12.3. The fourth-order valence-electron chi connectivity index (χ4n) is 2.51. The van der Waals surface area contributed by atoms with Crippen molar-refractivity contribution in [2.75, 3.05) is 45.3 Å². The first-order valence-corrected chi connectivity index (χ1v) is 6.79. The number of carbonyl (C=O) groups excluding carboxylic acids is 1. The normalized spacial score (nSPS) is 15.3. The Bertz CT molecular complexity index is 497. The number of nitrogens with zero attached hydrogens (tertiary/aromatic N) is 2. The van der Waals surface area contributed by atoms with Crippen LogP contribution < -0.4 is 4.90 Å². The summed E-state index contributed by atoms with van der Waals surface area (Å²) in [7, 11) is 3.37. The number of benzene rings is 1. The van der Waals surface area contributed by atoms with Gasteiger partial charge in [-0.05, 0) is 18.6 Å². The third kappa shape index (κ3) is 2.77. The van der Waals surface area contributed by atoms with Crippen molar-refractivity contribution in [1.29, 1.82) is 0 Å². The Morgan fingerprint density at radius 2 is 2.00 bits per heavy atom. The van der Waals surface area contributed by atoms with Crippen molar-refractivity contribution in [3.8, 4) is 0 Å². The van der Waals surface area contributed by atoms with Crippen LogP contribution in [0.3, 0.4) is 0 Å². The van der Waals surface area contributed by atoms with Gasteiger partial charge in [-0.2, -0.15) is 0 Å². The molecule has 1 aromatic rings. The number of hydrogen-bond donors (Lipinski definition) is 0. The van der Waals surface area contributed by atoms with Crippen LogP contribution in [0.4, 0.5) is 10.1 Å². The quantitative estimate of drug-likeness (QED) is 0.849. The van der Waals surface area contributed by atoms with Gasteiger partial charge in [-0.15, -0.1) is 0 Å². The number of morpholine rings is 1. The number of rotatable bonds is 3. The second kappa shape index (κ2) is 6.22. The molecule has 1 aliphatic heterocycles. The number of halogens is 1. The van der Waals surface area contributed by atoms with Crippen LogP contribution in [0, 0.1) is 6.92 Å². The van der Waals surface area contributed by atoms with Gasteiger partial charge >= 0.3 is 0 Å². The maximum Gasteiger partial charge on any atom is 0.254 e. The molecule has 0 saturated carbocycles. The van der Waals surface area contributed by atoms with Gasteiger partial charge in [0.05, 0.1) is 18.8 Å². The van der Waals surface area contributed by atoms with Gasteiger partial charge in [0.25, 0.3) is 5.91 Å². The molecule has 5 heteroatoms. The van der Waals surface area contributed by atoms with Crippen LogP contribution in [0.1, 0.15) is 21.5 Å². The summed E-state index contributed by atoms with van der Waals surface area (Å²) >= 11 is 0. The first-order valence-electron chi connectivity index (χ1n) is 6.79. The maximum atomic E-state index is 13.6. The van der Waals surface area contributed by atoms with Gasteiger partial charge in [0, 0.05) is 38.4 Å². The zero-order valence-corrected chi connectivity index (χ0v) is 12.3. The van der Waals surface area contributed by atoms with E-state index in [4.69, 9.17) is 4.74 Å². The monoisotopic (exact) mass is 280 g/mol. The molecule has 0 radical (unpaired) electrons. The Hall–Kier alpha value is -1.62. The second-order valence-corrected chi connectivity index (χ2v) is 5.19. The van der Waals surface area contributed by atoms with Crippen LogP contribution in [0.15, 0.2) is 12.1 Å². The predicted octanol–water partition coefficient (Wildman–Crippen LogP) is 2.00. The smallest absolute Gasteiger partial charge is 0.254 e. The van der Waals surface area contributed by atoms with E-state index in [1.54, 1.807) is 14.1 Å². The molecule has 0 bridgehead atoms. The van der Waals surface area contributed by atoms with Crippen molar-refractivity contribution in [1.82, 2.24) is 4.90 Å². The first-order chi connectivity index (χ1) is 9.56. The Morgan fingerprint density at radius 3 is 2.55 bits per heavy atom. The maximum absolute atomic E-state index is 13.6. The number of anilines is 1. The molecule has 0 N–H and O–H groups in total. The summed E-state index contributed by atoms with van der Waals surface area (Å²) < 4.78 is 18.9. The summed E-state index contributed by atoms with van der Waals surface area (Å²) in [4.78, 5) is 15.9. The standard InChI is InChI=1S/C15H21FN2O2/c1-11-4-5-13(18-6-8-20-9-7-18)12(10-16)14(11)15(19)17(2)3/h4-5H,6-10H2,1-3H3. The van der Waals surface area contributed by atoms with Crippen LogP contribution >= 0.6 is 0 Å². The molecule has 1 amide bonds. The lowest BCUT2D eigenvalue weighted by Crippen LogP contribution is -2.37. The summed E-state index contributed by atoms with van der Waals surface area (Å²) in [5, 5.41) is 0. The van der Waals surface area contributed by atoms with E-state index in [0.29, 0.717) is 24.3 Å². The van der Waals surface area contributed by atoms with E-state index in [0.717, 1.165) is 24.3 Å². The average Bonchev–Trinajstić information content (AvgIpc) is 2.46. The van der Waals surface area contributed by atoms with Crippen molar-refractivity contribution >= 4 is 11.6 Å². The molecule has 2 rings (SSSR count). The average molecular weight is 280 g/mol. The van der Waals surface area contributed by atoms with Crippen molar-refractivity contribution < 1.29 is 13.9 Å². The summed E-state index contributed by atoms with van der Waals surface area (Å²) in [6, 6.07) is 3.79. The highest BCUT2D eigenvalue weighted by Crippen LogP contribution is 2.29. The van der Waals surface area contributed by atoms with E-state index in [1.807, 2.05) is 19.1 Å². The molecule has 4 nitrogen and oxygen atoms in total. The van der Waals surface area contributed by atoms with Crippen LogP contribution in [0.2, 0.25) is 0 Å². The summed E-state index contributed by atoms with van der Waals surface area (Å²) in [6.07, 6.45) is 0. The van der Waals surface area contributed by atoms with Crippen molar-refractivity contribution in [3.05, 3.63) is 28.8 Å². The summed E-state index contributed by atoms with van der Waals surface area (Å²) in [5.41, 5.74) is 2.60. The molecule has 0 atom stereocenters. The summed E-state index contributed by atoms with van der Waals surface area (Å²) in [6.45, 7) is 3.94. The Morgan fingerprint density at radius 1 is 1.35 bits per heavy atom. The van der Waals surface area contributed by atoms with E-state index < -0.39 is 6.67 Å². The summed E-state index contributed by atoms with van der Waals surface area (Å²) in [5.74, 6) is -0.148. The van der Waals surface area contributed by atoms with E-state index in [1.165, 1.54) is 4.90 Å². The molecule has 0 aromatic heterocycles. The Balaban J connectivity index is 2.48. The van der Waals surface area contributed by atoms with Gasteiger partial charge in [0.1, 0.15) is 6.67 Å². The molecule has 1 aromatic carbocycles. The van der Waals surface area contributed by atoms with Gasteiger partial charge in [-0.1, -0.05) is 6.07 Å². The molecule has 0 spiro atoms. The first kappa shape index (κ1) is 14.8. The topological polar surface area (TPSA) is 32.8 Å². The van der Waals surface area contributed by atoms with Gasteiger partial charge in [-0.3, -0.25) is 4.79 Å². The minimum atomic E-state index is -0.636. The van der Waals surface area contributed by atoms with Crippen molar-refractivity contribution in [3.63, 3.8) is 0 Å². The lowest BCUT2D eigenvalue weighted by molar-refractivity contribution is 0.0825. The Labute approximate surface area is 119 Å². The van der Waals surface area contributed by atoms with Crippen LogP contribution in [-0.4, -0.2) is 51.2 Å². The van der Waals surface area contributed by atoms with Gasteiger partial charge in [0.15, 0.2) is 0 Å². The Kier molecular flexibility index (Phi) is 4.60. The highest BCUT2D eigenvalue weighted by molar-refractivity contribution is 5.98. The van der Waals surface area contributed by atoms with E-state index in [2.05, 4.69) is 4.90 Å². The fraction of sp³-hybridized carbons (Fsp3) is 0.533. The third-order valence-corrected chi connectivity index (χ3v) is 3.60. The molecule has 110 valence electrons. The molecular formula is C15H21FN2O2. The zero-order chi connectivity index (χ0) is 14.7. The largest absolute Gasteiger partial charge is 0.378 e. The number of alkyl halides is 1. The number of amides is 1. The van der Waals surface area contributed by atoms with E-state index >= 15 is 0 Å². The molecule has 1 fully saturated rings. The number of hydrogen-bond acceptors (Lipinski definition) is 3. The number of carbonyl (C=O) groups is 1. The number of ether oxygens (including phenoxy) is 1. The molecule has 1 heterocycles. The van der Waals surface area contributed by atoms with E-state index in [9.17, 15) is 9.18 Å². The number of aryl methyl sites for hydroxylation is 1. The van der Waals surface area contributed by atoms with E-state index in [-0.39, 0.29) is 5.91 Å². The van der Waals surface area contributed by atoms with Crippen LogP contribution in [0.5, 0.6) is 0 Å².